The van der Waals surface area contributed by atoms with Crippen LogP contribution in [-0.4, -0.2) is 11.6 Å². The predicted octanol–water partition coefficient (Wildman–Crippen LogP) is 3.70. The molecule has 0 unspecified atom stereocenters. The van der Waals surface area contributed by atoms with Crippen molar-refractivity contribution in [2.45, 2.75) is 59.8 Å². The summed E-state index contributed by atoms with van der Waals surface area (Å²) in [5.41, 5.74) is 1.49. The summed E-state index contributed by atoms with van der Waals surface area (Å²) in [5, 5.41) is 0. The van der Waals surface area contributed by atoms with Crippen molar-refractivity contribution in [2.75, 3.05) is 0 Å². The topological polar surface area (TPSA) is 34.1 Å². The van der Waals surface area contributed by atoms with E-state index in [1.807, 2.05) is 6.08 Å². The van der Waals surface area contributed by atoms with Gasteiger partial charge < -0.3 is 4.79 Å². The third-order valence-corrected chi connectivity index (χ3v) is 5.03. The van der Waals surface area contributed by atoms with Gasteiger partial charge in [-0.15, -0.1) is 0 Å². The van der Waals surface area contributed by atoms with E-state index in [0.29, 0.717) is 6.42 Å². The largest absolute Gasteiger partial charge is 0.300 e. The molecule has 0 spiro atoms. The van der Waals surface area contributed by atoms with Gasteiger partial charge in [0.25, 0.3) is 0 Å². The van der Waals surface area contributed by atoms with Crippen LogP contribution in [0.25, 0.3) is 0 Å². The van der Waals surface area contributed by atoms with Gasteiger partial charge in [-0.1, -0.05) is 32.8 Å². The Morgan fingerprint density at radius 1 is 1.33 bits per heavy atom. The second kappa shape index (κ2) is 4.32. The zero-order valence-corrected chi connectivity index (χ0v) is 12.0. The van der Waals surface area contributed by atoms with Gasteiger partial charge in [0, 0.05) is 12.3 Å². The predicted molar refractivity (Wildman–Crippen MR) is 72.2 cm³/mol. The van der Waals surface area contributed by atoms with Gasteiger partial charge in [0.1, 0.15) is 5.78 Å². The highest BCUT2D eigenvalue weighted by atomic mass is 16.1. The smallest absolute Gasteiger partial charge is 0.159 e. The first-order valence-corrected chi connectivity index (χ1v) is 7.03. The number of fused-ring (bicyclic) bond motifs is 1. The molecule has 2 rings (SSSR count). The van der Waals surface area contributed by atoms with Gasteiger partial charge in [0.05, 0.1) is 0 Å². The number of Topliss-reactive ketones (excluding diaryl/α,β-unsaturated/α-hetero) is 1. The van der Waals surface area contributed by atoms with Crippen molar-refractivity contribution in [1.29, 1.82) is 0 Å². The van der Waals surface area contributed by atoms with Crippen LogP contribution in [-0.2, 0) is 9.59 Å². The number of carbonyl (C=O) groups excluding carboxylic acids is 2. The van der Waals surface area contributed by atoms with Crippen molar-refractivity contribution < 1.29 is 9.59 Å². The molecule has 0 saturated heterocycles. The minimum Gasteiger partial charge on any atom is -0.300 e. The van der Waals surface area contributed by atoms with Crippen molar-refractivity contribution in [3.8, 4) is 0 Å². The lowest BCUT2D eigenvalue weighted by Gasteiger charge is -2.46. The Kier molecular flexibility index (Phi) is 3.25. The Hall–Kier alpha value is -0.920. The molecule has 0 aromatic rings. The second-order valence-corrected chi connectivity index (χ2v) is 6.91. The molecular weight excluding hydrogens is 224 g/mol. The number of hydrogen-bond donors (Lipinski definition) is 0. The highest BCUT2D eigenvalue weighted by Gasteiger charge is 2.52. The van der Waals surface area contributed by atoms with E-state index in [1.165, 1.54) is 18.4 Å². The average molecular weight is 248 g/mol. The van der Waals surface area contributed by atoms with Gasteiger partial charge in [0.15, 0.2) is 5.78 Å². The Morgan fingerprint density at radius 3 is 2.61 bits per heavy atom. The fourth-order valence-corrected chi connectivity index (χ4v) is 4.03. The van der Waals surface area contributed by atoms with Crippen molar-refractivity contribution in [3.63, 3.8) is 0 Å². The lowest BCUT2D eigenvalue weighted by molar-refractivity contribution is -0.121. The van der Waals surface area contributed by atoms with E-state index in [-0.39, 0.29) is 28.3 Å². The second-order valence-electron chi connectivity index (χ2n) is 6.91. The van der Waals surface area contributed by atoms with Crippen LogP contribution in [0.2, 0.25) is 0 Å². The van der Waals surface area contributed by atoms with Crippen molar-refractivity contribution in [3.05, 3.63) is 11.6 Å². The third kappa shape index (κ3) is 2.06. The molecule has 1 saturated carbocycles. The molecule has 0 aromatic carbocycles. The lowest BCUT2D eigenvalue weighted by Crippen LogP contribution is -2.37. The molecule has 2 nitrogen and oxygen atoms in total. The van der Waals surface area contributed by atoms with Crippen molar-refractivity contribution in [1.82, 2.24) is 0 Å². The fraction of sp³-hybridized carbons (Fsp3) is 0.750. The summed E-state index contributed by atoms with van der Waals surface area (Å²) in [6, 6.07) is 0. The van der Waals surface area contributed by atoms with Crippen molar-refractivity contribution in [2.24, 2.45) is 16.7 Å². The molecule has 0 radical (unpaired) electrons. The number of hydrogen-bond acceptors (Lipinski definition) is 2. The molecule has 0 N–H and O–H groups in total. The molecular formula is C16H24O2. The van der Waals surface area contributed by atoms with E-state index < -0.39 is 0 Å². The first kappa shape index (κ1) is 13.5. The monoisotopic (exact) mass is 248 g/mol. The summed E-state index contributed by atoms with van der Waals surface area (Å²) < 4.78 is 0. The first-order valence-electron chi connectivity index (χ1n) is 7.03. The molecule has 2 heteroatoms. The van der Waals surface area contributed by atoms with Crippen LogP contribution in [0.4, 0.5) is 0 Å². The highest BCUT2D eigenvalue weighted by Crippen LogP contribution is 2.58. The number of carbonyl (C=O) groups is 2. The number of rotatable bonds is 3. The van der Waals surface area contributed by atoms with E-state index in [2.05, 4.69) is 20.8 Å². The number of allylic oxidation sites excluding steroid dienone is 2. The van der Waals surface area contributed by atoms with Crippen LogP contribution >= 0.6 is 0 Å². The van der Waals surface area contributed by atoms with Gasteiger partial charge in [-0.2, -0.15) is 0 Å². The minimum atomic E-state index is 0.00822. The van der Waals surface area contributed by atoms with Crippen LogP contribution in [0.15, 0.2) is 11.6 Å². The molecule has 0 amide bonds. The summed E-state index contributed by atoms with van der Waals surface area (Å²) in [4.78, 5) is 23.4. The molecule has 2 aliphatic rings. The Bertz CT molecular complexity index is 417. The van der Waals surface area contributed by atoms with E-state index >= 15 is 0 Å². The van der Waals surface area contributed by atoms with Crippen molar-refractivity contribution >= 4 is 11.6 Å². The molecule has 0 aliphatic heterocycles. The molecule has 0 aromatic heterocycles. The Morgan fingerprint density at radius 2 is 2.00 bits per heavy atom. The standard InChI is InChI=1S/C16H24O2/c1-11(17)6-7-12-13(18)10-14-15(2,3)8-5-9-16(12,14)4/h10,12H,5-9H2,1-4H3/t12-,16-/m0/s1. The van der Waals surface area contributed by atoms with Crippen LogP contribution in [0.1, 0.15) is 59.8 Å². The Labute approximate surface area is 110 Å². The Balaban J connectivity index is 2.26. The van der Waals surface area contributed by atoms with Crippen LogP contribution in [0.5, 0.6) is 0 Å². The summed E-state index contributed by atoms with van der Waals surface area (Å²) >= 11 is 0. The van der Waals surface area contributed by atoms with E-state index in [4.69, 9.17) is 0 Å². The first-order chi connectivity index (χ1) is 8.27. The van der Waals surface area contributed by atoms with Gasteiger partial charge in [0.2, 0.25) is 0 Å². The third-order valence-electron chi connectivity index (χ3n) is 5.03. The molecule has 18 heavy (non-hydrogen) atoms. The van der Waals surface area contributed by atoms with E-state index in [1.54, 1.807) is 6.92 Å². The molecule has 2 atom stereocenters. The summed E-state index contributed by atoms with van der Waals surface area (Å²) in [7, 11) is 0. The SMILES string of the molecule is CC(=O)CC[C@H]1C(=O)C=C2C(C)(C)CCC[C@]21C. The minimum absolute atomic E-state index is 0.00822. The molecule has 100 valence electrons. The van der Waals surface area contributed by atoms with E-state index in [0.717, 1.165) is 12.8 Å². The summed E-state index contributed by atoms with van der Waals surface area (Å²) in [6.45, 7) is 8.34. The molecule has 0 heterocycles. The maximum Gasteiger partial charge on any atom is 0.159 e. The lowest BCUT2D eigenvalue weighted by atomic mass is 9.58. The van der Waals surface area contributed by atoms with Gasteiger partial charge >= 0.3 is 0 Å². The molecule has 1 fully saturated rings. The normalized spacial score (nSPS) is 34.1. The maximum absolute atomic E-state index is 12.3. The summed E-state index contributed by atoms with van der Waals surface area (Å²) in [5.74, 6) is 0.481. The van der Waals surface area contributed by atoms with Crippen LogP contribution < -0.4 is 0 Å². The highest BCUT2D eigenvalue weighted by molar-refractivity contribution is 5.97. The quantitative estimate of drug-likeness (QED) is 0.763. The average Bonchev–Trinajstić information content (AvgIpc) is 2.48. The maximum atomic E-state index is 12.3. The fourth-order valence-electron chi connectivity index (χ4n) is 4.03. The van der Waals surface area contributed by atoms with Gasteiger partial charge in [-0.05, 0) is 43.1 Å². The van der Waals surface area contributed by atoms with Crippen LogP contribution in [0.3, 0.4) is 0 Å². The van der Waals surface area contributed by atoms with Crippen LogP contribution in [0, 0.1) is 16.7 Å². The van der Waals surface area contributed by atoms with E-state index in [9.17, 15) is 9.59 Å². The zero-order chi connectivity index (χ0) is 13.6. The molecule has 2 aliphatic carbocycles. The zero-order valence-electron chi connectivity index (χ0n) is 12.0. The summed E-state index contributed by atoms with van der Waals surface area (Å²) in [6.07, 6.45) is 6.60. The number of ketones is 2. The van der Waals surface area contributed by atoms with Gasteiger partial charge in [-0.25, -0.2) is 0 Å². The van der Waals surface area contributed by atoms with Gasteiger partial charge in [-0.3, -0.25) is 4.79 Å². The molecule has 0 bridgehead atoms.